The minimum atomic E-state index is -3.45. The smallest absolute Gasteiger partial charge is 0.240 e. The number of rotatable bonds is 5. The van der Waals surface area contributed by atoms with E-state index in [4.69, 9.17) is 0 Å². The van der Waals surface area contributed by atoms with Crippen molar-refractivity contribution < 1.29 is 8.42 Å². The van der Waals surface area contributed by atoms with Gasteiger partial charge in [0.05, 0.1) is 4.90 Å². The highest BCUT2D eigenvalue weighted by Gasteiger charge is 2.45. The summed E-state index contributed by atoms with van der Waals surface area (Å²) >= 11 is 0. The second-order valence-corrected chi connectivity index (χ2v) is 7.68. The van der Waals surface area contributed by atoms with E-state index in [0.717, 1.165) is 30.2 Å². The van der Waals surface area contributed by atoms with Crippen molar-refractivity contribution in [2.75, 3.05) is 0 Å². The SMILES string of the molecule is CCC(NS(=O)(=O)c1ccc2cc[nH]c2c1)C1(C)CC1. The molecule has 20 heavy (non-hydrogen) atoms. The molecule has 4 nitrogen and oxygen atoms in total. The van der Waals surface area contributed by atoms with Gasteiger partial charge in [-0.1, -0.05) is 19.9 Å². The van der Waals surface area contributed by atoms with Crippen LogP contribution < -0.4 is 4.72 Å². The maximum atomic E-state index is 12.5. The monoisotopic (exact) mass is 292 g/mol. The van der Waals surface area contributed by atoms with Gasteiger partial charge in [0.2, 0.25) is 10.0 Å². The zero-order valence-electron chi connectivity index (χ0n) is 11.8. The summed E-state index contributed by atoms with van der Waals surface area (Å²) in [6, 6.07) is 7.14. The van der Waals surface area contributed by atoms with Crippen molar-refractivity contribution in [1.82, 2.24) is 9.71 Å². The summed E-state index contributed by atoms with van der Waals surface area (Å²) in [4.78, 5) is 3.38. The maximum Gasteiger partial charge on any atom is 0.240 e. The molecule has 0 aliphatic heterocycles. The molecule has 2 N–H and O–H groups in total. The van der Waals surface area contributed by atoms with E-state index in [1.165, 1.54) is 0 Å². The van der Waals surface area contributed by atoms with Crippen molar-refractivity contribution in [3.05, 3.63) is 30.5 Å². The second kappa shape index (κ2) is 4.60. The summed E-state index contributed by atoms with van der Waals surface area (Å²) < 4.78 is 27.9. The van der Waals surface area contributed by atoms with E-state index in [9.17, 15) is 8.42 Å². The van der Waals surface area contributed by atoms with Gasteiger partial charge in [-0.3, -0.25) is 0 Å². The molecule has 0 bridgehead atoms. The molecule has 1 saturated carbocycles. The molecule has 0 radical (unpaired) electrons. The lowest BCUT2D eigenvalue weighted by Gasteiger charge is -2.23. The van der Waals surface area contributed by atoms with E-state index in [-0.39, 0.29) is 11.5 Å². The molecule has 1 aromatic carbocycles. The van der Waals surface area contributed by atoms with Crippen LogP contribution in [-0.4, -0.2) is 19.4 Å². The summed E-state index contributed by atoms with van der Waals surface area (Å²) in [6.07, 6.45) is 4.84. The summed E-state index contributed by atoms with van der Waals surface area (Å²) in [6.45, 7) is 4.18. The molecule has 1 atom stereocenters. The van der Waals surface area contributed by atoms with Crippen LogP contribution in [0, 0.1) is 5.41 Å². The Morgan fingerprint density at radius 3 is 2.75 bits per heavy atom. The zero-order chi connectivity index (χ0) is 14.4. The highest BCUT2D eigenvalue weighted by atomic mass is 32.2. The van der Waals surface area contributed by atoms with Crippen LogP contribution in [-0.2, 0) is 10.0 Å². The van der Waals surface area contributed by atoms with E-state index in [2.05, 4.69) is 16.6 Å². The number of nitrogens with one attached hydrogen (secondary N) is 2. The van der Waals surface area contributed by atoms with Crippen LogP contribution in [0.4, 0.5) is 0 Å². The molecule has 0 saturated heterocycles. The van der Waals surface area contributed by atoms with Gasteiger partial charge in [0.25, 0.3) is 0 Å². The van der Waals surface area contributed by atoms with Crippen molar-refractivity contribution >= 4 is 20.9 Å². The standard InChI is InChI=1S/C15H20N2O2S/c1-3-14(15(2)7-8-15)17-20(18,19)12-5-4-11-6-9-16-13(11)10-12/h4-6,9-10,14,16-17H,3,7-8H2,1-2H3. The molecule has 0 spiro atoms. The van der Waals surface area contributed by atoms with Crippen LogP contribution in [0.5, 0.6) is 0 Å². The van der Waals surface area contributed by atoms with Gasteiger partial charge in [-0.2, -0.15) is 0 Å². The van der Waals surface area contributed by atoms with Crippen molar-refractivity contribution in [1.29, 1.82) is 0 Å². The van der Waals surface area contributed by atoms with Gasteiger partial charge in [-0.25, -0.2) is 13.1 Å². The van der Waals surface area contributed by atoms with Crippen LogP contribution in [0.25, 0.3) is 10.9 Å². The minimum Gasteiger partial charge on any atom is -0.361 e. The summed E-state index contributed by atoms with van der Waals surface area (Å²) in [5.74, 6) is 0. The molecule has 2 aromatic rings. The molecule has 3 rings (SSSR count). The number of fused-ring (bicyclic) bond motifs is 1. The molecule has 5 heteroatoms. The second-order valence-electron chi connectivity index (χ2n) is 5.96. The lowest BCUT2D eigenvalue weighted by atomic mass is 9.98. The van der Waals surface area contributed by atoms with Gasteiger partial charge in [0, 0.05) is 17.8 Å². The lowest BCUT2D eigenvalue weighted by Crippen LogP contribution is -2.39. The number of sulfonamides is 1. The third kappa shape index (κ3) is 2.36. The molecular formula is C15H20N2O2S. The highest BCUT2D eigenvalue weighted by molar-refractivity contribution is 7.89. The van der Waals surface area contributed by atoms with Crippen molar-refractivity contribution in [3.63, 3.8) is 0 Å². The van der Waals surface area contributed by atoms with E-state index in [1.807, 2.05) is 25.3 Å². The Bertz CT molecular complexity index is 729. The van der Waals surface area contributed by atoms with Gasteiger partial charge in [0.15, 0.2) is 0 Å². The van der Waals surface area contributed by atoms with Crippen molar-refractivity contribution in [2.24, 2.45) is 5.41 Å². The molecule has 0 amide bonds. The predicted octanol–water partition coefficient (Wildman–Crippen LogP) is 3.02. The van der Waals surface area contributed by atoms with E-state index < -0.39 is 10.0 Å². The molecule has 1 aromatic heterocycles. The fraction of sp³-hybridized carbons (Fsp3) is 0.467. The van der Waals surface area contributed by atoms with Gasteiger partial charge in [0.1, 0.15) is 0 Å². The van der Waals surface area contributed by atoms with E-state index in [0.29, 0.717) is 4.90 Å². The van der Waals surface area contributed by atoms with Crippen LogP contribution in [0.3, 0.4) is 0 Å². The fourth-order valence-electron chi connectivity index (χ4n) is 2.71. The Labute approximate surface area is 119 Å². The maximum absolute atomic E-state index is 12.5. The van der Waals surface area contributed by atoms with E-state index in [1.54, 1.807) is 12.1 Å². The molecule has 1 aliphatic rings. The predicted molar refractivity (Wildman–Crippen MR) is 80.0 cm³/mol. The van der Waals surface area contributed by atoms with Crippen LogP contribution >= 0.6 is 0 Å². The average Bonchev–Trinajstić information content (AvgIpc) is 3.00. The molecule has 1 unspecified atom stereocenters. The first kappa shape index (κ1) is 13.6. The number of aromatic amines is 1. The molecule has 108 valence electrons. The molecule has 1 fully saturated rings. The number of benzene rings is 1. The Kier molecular flexibility index (Phi) is 3.14. The third-order valence-corrected chi connectivity index (χ3v) is 5.89. The summed E-state index contributed by atoms with van der Waals surface area (Å²) in [5.41, 5.74) is 0.983. The number of hydrogen-bond acceptors (Lipinski definition) is 2. The largest absolute Gasteiger partial charge is 0.361 e. The first-order chi connectivity index (χ1) is 9.44. The van der Waals surface area contributed by atoms with E-state index >= 15 is 0 Å². The lowest BCUT2D eigenvalue weighted by molar-refractivity contribution is 0.390. The Morgan fingerprint density at radius 2 is 2.10 bits per heavy atom. The van der Waals surface area contributed by atoms with Gasteiger partial charge >= 0.3 is 0 Å². The third-order valence-electron chi connectivity index (χ3n) is 4.42. The Balaban J connectivity index is 1.90. The van der Waals surface area contributed by atoms with Crippen LogP contribution in [0.15, 0.2) is 35.4 Å². The summed E-state index contributed by atoms with van der Waals surface area (Å²) in [7, 11) is -3.45. The van der Waals surface area contributed by atoms with Gasteiger partial charge < -0.3 is 4.98 Å². The van der Waals surface area contributed by atoms with Gasteiger partial charge in [-0.05, 0) is 48.3 Å². The normalized spacial score (nSPS) is 19.1. The van der Waals surface area contributed by atoms with Gasteiger partial charge in [-0.15, -0.1) is 0 Å². The number of aromatic nitrogens is 1. The van der Waals surface area contributed by atoms with Crippen LogP contribution in [0.1, 0.15) is 33.1 Å². The minimum absolute atomic E-state index is 0.0202. The topological polar surface area (TPSA) is 62.0 Å². The van der Waals surface area contributed by atoms with Crippen LogP contribution in [0.2, 0.25) is 0 Å². The average molecular weight is 292 g/mol. The Morgan fingerprint density at radius 1 is 1.35 bits per heavy atom. The van der Waals surface area contributed by atoms with Crippen molar-refractivity contribution in [2.45, 2.75) is 44.0 Å². The first-order valence-corrected chi connectivity index (χ1v) is 8.52. The summed E-state index contributed by atoms with van der Waals surface area (Å²) in [5, 5.41) is 1.02. The zero-order valence-corrected chi connectivity index (χ0v) is 12.6. The van der Waals surface area contributed by atoms with Crippen molar-refractivity contribution in [3.8, 4) is 0 Å². The highest BCUT2D eigenvalue weighted by Crippen LogP contribution is 2.49. The first-order valence-electron chi connectivity index (χ1n) is 7.04. The number of H-pyrrole nitrogens is 1. The quantitative estimate of drug-likeness (QED) is 0.890. The molecule has 1 aliphatic carbocycles. The fourth-order valence-corrected chi connectivity index (χ4v) is 4.20. The Hall–Kier alpha value is -1.33. The molecular weight excluding hydrogens is 272 g/mol. The number of hydrogen-bond donors (Lipinski definition) is 2. The molecule has 1 heterocycles.